The van der Waals surface area contributed by atoms with Crippen LogP contribution in [0.5, 0.6) is 5.75 Å². The Labute approximate surface area is 115 Å². The van der Waals surface area contributed by atoms with Crippen LogP contribution in [0.25, 0.3) is 0 Å². The van der Waals surface area contributed by atoms with E-state index in [1.807, 2.05) is 24.3 Å². The Kier molecular flexibility index (Phi) is 3.97. The van der Waals surface area contributed by atoms with Crippen LogP contribution < -0.4 is 10.5 Å². The van der Waals surface area contributed by atoms with Crippen LogP contribution in [-0.2, 0) is 0 Å². The third-order valence-corrected chi connectivity index (χ3v) is 3.64. The molecule has 0 heterocycles. The lowest BCUT2D eigenvalue weighted by molar-refractivity contribution is 0.0693. The predicted molar refractivity (Wildman–Crippen MR) is 74.9 cm³/mol. The van der Waals surface area contributed by atoms with Gasteiger partial charge in [0.05, 0.1) is 17.6 Å². The third-order valence-electron chi connectivity index (χ3n) is 2.53. The second-order valence-electron chi connectivity index (χ2n) is 3.81. The molecule has 0 saturated carbocycles. The lowest BCUT2D eigenvalue weighted by Gasteiger charge is -2.10. The van der Waals surface area contributed by atoms with E-state index >= 15 is 0 Å². The fourth-order valence-corrected chi connectivity index (χ4v) is 2.72. The molecule has 0 atom stereocenters. The summed E-state index contributed by atoms with van der Waals surface area (Å²) in [5, 5.41) is 9.18. The van der Waals surface area contributed by atoms with E-state index in [4.69, 9.17) is 10.5 Å². The maximum Gasteiger partial charge on any atom is 0.336 e. The highest BCUT2D eigenvalue weighted by Gasteiger charge is 2.13. The van der Waals surface area contributed by atoms with Crippen LogP contribution in [-0.4, -0.2) is 18.2 Å². The van der Waals surface area contributed by atoms with Crippen molar-refractivity contribution in [3.63, 3.8) is 0 Å². The highest BCUT2D eigenvalue weighted by molar-refractivity contribution is 7.99. The first-order valence-electron chi connectivity index (χ1n) is 5.55. The molecular weight excluding hydrogens is 262 g/mol. The Morgan fingerprint density at radius 3 is 2.63 bits per heavy atom. The van der Waals surface area contributed by atoms with E-state index < -0.39 is 5.97 Å². The predicted octanol–water partition coefficient (Wildman–Crippen LogP) is 3.13. The highest BCUT2D eigenvalue weighted by Crippen LogP contribution is 2.37. The zero-order valence-corrected chi connectivity index (χ0v) is 11.1. The Morgan fingerprint density at radius 1 is 1.21 bits per heavy atom. The molecule has 0 unspecified atom stereocenters. The number of hydrogen-bond acceptors (Lipinski definition) is 4. The van der Waals surface area contributed by atoms with E-state index in [0.717, 1.165) is 4.90 Å². The van der Waals surface area contributed by atoms with Gasteiger partial charge < -0.3 is 15.6 Å². The van der Waals surface area contributed by atoms with Crippen molar-refractivity contribution in [2.45, 2.75) is 9.79 Å². The number of rotatable bonds is 4. The average molecular weight is 275 g/mol. The number of aromatic carboxylic acids is 1. The van der Waals surface area contributed by atoms with Crippen molar-refractivity contribution < 1.29 is 14.6 Å². The van der Waals surface area contributed by atoms with Crippen molar-refractivity contribution in [1.29, 1.82) is 0 Å². The number of benzene rings is 2. The van der Waals surface area contributed by atoms with Crippen molar-refractivity contribution in [3.05, 3.63) is 48.0 Å². The van der Waals surface area contributed by atoms with Gasteiger partial charge in [-0.05, 0) is 30.3 Å². The zero-order valence-electron chi connectivity index (χ0n) is 10.3. The molecule has 0 bridgehead atoms. The van der Waals surface area contributed by atoms with E-state index in [2.05, 4.69) is 0 Å². The van der Waals surface area contributed by atoms with Gasteiger partial charge in [0.1, 0.15) is 5.75 Å². The van der Waals surface area contributed by atoms with Gasteiger partial charge in [0, 0.05) is 10.6 Å². The van der Waals surface area contributed by atoms with E-state index in [0.29, 0.717) is 16.3 Å². The smallest absolute Gasteiger partial charge is 0.336 e. The Bertz CT molecular complexity index is 613. The van der Waals surface area contributed by atoms with Crippen molar-refractivity contribution in [1.82, 2.24) is 0 Å². The minimum Gasteiger partial charge on any atom is -0.496 e. The van der Waals surface area contributed by atoms with E-state index in [1.165, 1.54) is 17.8 Å². The van der Waals surface area contributed by atoms with Crippen LogP contribution in [0.3, 0.4) is 0 Å². The number of hydrogen-bond donors (Lipinski definition) is 2. The molecule has 0 aliphatic heterocycles. The molecule has 19 heavy (non-hydrogen) atoms. The molecule has 0 aromatic heterocycles. The number of ether oxygens (including phenoxy) is 1. The van der Waals surface area contributed by atoms with Gasteiger partial charge in [-0.3, -0.25) is 0 Å². The molecule has 0 radical (unpaired) electrons. The van der Waals surface area contributed by atoms with Crippen molar-refractivity contribution in [2.75, 3.05) is 12.8 Å². The molecule has 0 spiro atoms. The van der Waals surface area contributed by atoms with Gasteiger partial charge in [0.2, 0.25) is 0 Å². The Hall–Kier alpha value is -2.14. The second-order valence-corrected chi connectivity index (χ2v) is 4.90. The maximum absolute atomic E-state index is 11.2. The summed E-state index contributed by atoms with van der Waals surface area (Å²) in [4.78, 5) is 12.6. The van der Waals surface area contributed by atoms with E-state index in [-0.39, 0.29) is 5.56 Å². The number of para-hydroxylation sites is 1. The van der Waals surface area contributed by atoms with Gasteiger partial charge in [-0.2, -0.15) is 0 Å². The molecule has 0 aliphatic carbocycles. The molecular formula is C14H13NO3S. The molecule has 5 heteroatoms. The molecule has 0 aliphatic rings. The minimum absolute atomic E-state index is 0.227. The van der Waals surface area contributed by atoms with Crippen LogP contribution in [0.4, 0.5) is 5.69 Å². The molecule has 2 aromatic carbocycles. The van der Waals surface area contributed by atoms with Crippen molar-refractivity contribution in [2.24, 2.45) is 0 Å². The van der Waals surface area contributed by atoms with Gasteiger partial charge in [0.25, 0.3) is 0 Å². The molecule has 2 aromatic rings. The van der Waals surface area contributed by atoms with Crippen LogP contribution in [0.2, 0.25) is 0 Å². The number of nitrogens with two attached hydrogens (primary N) is 1. The van der Waals surface area contributed by atoms with Crippen LogP contribution in [0, 0.1) is 0 Å². The number of methoxy groups -OCH3 is 1. The van der Waals surface area contributed by atoms with Crippen molar-refractivity contribution >= 4 is 23.4 Å². The first kappa shape index (κ1) is 13.3. The second kappa shape index (κ2) is 5.67. The molecule has 0 saturated heterocycles. The van der Waals surface area contributed by atoms with Crippen LogP contribution in [0.1, 0.15) is 10.4 Å². The van der Waals surface area contributed by atoms with Gasteiger partial charge in [-0.25, -0.2) is 4.79 Å². The summed E-state index contributed by atoms with van der Waals surface area (Å²) in [6, 6.07) is 12.2. The van der Waals surface area contributed by atoms with Gasteiger partial charge in [-0.15, -0.1) is 0 Å². The summed E-state index contributed by atoms with van der Waals surface area (Å²) in [6.07, 6.45) is 0. The largest absolute Gasteiger partial charge is 0.496 e. The third kappa shape index (κ3) is 3.00. The summed E-state index contributed by atoms with van der Waals surface area (Å²) in [6.45, 7) is 0. The topological polar surface area (TPSA) is 72.5 Å². The van der Waals surface area contributed by atoms with Gasteiger partial charge in [-0.1, -0.05) is 23.9 Å². The van der Waals surface area contributed by atoms with Gasteiger partial charge >= 0.3 is 5.97 Å². The maximum atomic E-state index is 11.2. The lowest BCUT2D eigenvalue weighted by Crippen LogP contribution is -2.00. The molecule has 2 rings (SSSR count). The summed E-state index contributed by atoms with van der Waals surface area (Å²) >= 11 is 1.32. The first-order chi connectivity index (χ1) is 9.11. The molecule has 0 amide bonds. The monoisotopic (exact) mass is 275 g/mol. The zero-order chi connectivity index (χ0) is 13.8. The number of carbonyl (C=O) groups is 1. The van der Waals surface area contributed by atoms with E-state index in [9.17, 15) is 9.90 Å². The molecule has 0 fully saturated rings. The summed E-state index contributed by atoms with van der Waals surface area (Å²) in [5.74, 6) is -0.274. The standard InChI is InChI=1S/C14H13NO3S/c1-18-11-4-2-3-5-12(11)19-13-8-9(15)6-7-10(13)14(16)17/h2-8H,15H2,1H3,(H,16,17). The molecule has 3 N–H and O–H groups in total. The molecule has 98 valence electrons. The SMILES string of the molecule is COc1ccccc1Sc1cc(N)ccc1C(=O)O. The van der Waals surface area contributed by atoms with Crippen LogP contribution in [0.15, 0.2) is 52.3 Å². The highest BCUT2D eigenvalue weighted by atomic mass is 32.2. The number of anilines is 1. The average Bonchev–Trinajstić information content (AvgIpc) is 2.39. The fraction of sp³-hybridized carbons (Fsp3) is 0.0714. The quantitative estimate of drug-likeness (QED) is 0.839. The minimum atomic E-state index is -0.975. The number of carboxylic acids is 1. The Balaban J connectivity index is 2.42. The van der Waals surface area contributed by atoms with Gasteiger partial charge in [0.15, 0.2) is 0 Å². The molecule has 4 nitrogen and oxygen atoms in total. The number of nitrogen functional groups attached to an aromatic ring is 1. The summed E-state index contributed by atoms with van der Waals surface area (Å²) in [5.41, 5.74) is 6.47. The first-order valence-corrected chi connectivity index (χ1v) is 6.37. The lowest BCUT2D eigenvalue weighted by atomic mass is 10.2. The normalized spacial score (nSPS) is 10.2. The Morgan fingerprint density at radius 2 is 1.95 bits per heavy atom. The fourth-order valence-electron chi connectivity index (χ4n) is 1.62. The summed E-state index contributed by atoms with van der Waals surface area (Å²) < 4.78 is 5.25. The van der Waals surface area contributed by atoms with E-state index in [1.54, 1.807) is 19.2 Å². The number of carboxylic acid groups (broad SMARTS) is 1. The summed E-state index contributed by atoms with van der Waals surface area (Å²) in [7, 11) is 1.58. The van der Waals surface area contributed by atoms with Crippen LogP contribution >= 0.6 is 11.8 Å². The van der Waals surface area contributed by atoms with Crippen molar-refractivity contribution in [3.8, 4) is 5.75 Å².